The standard InChI is InChI=1S/C13H12N4O2/c1-7-14-12(11(6-18)17(7)2)8-3-4-9-10(5-8)16-13(19)15-9/h3-6H,1-2H3,(H2,15,16,19). The van der Waals surface area contributed by atoms with Crippen LogP contribution >= 0.6 is 0 Å². The summed E-state index contributed by atoms with van der Waals surface area (Å²) in [5.74, 6) is 0.764. The molecule has 0 atom stereocenters. The third-order valence-corrected chi connectivity index (χ3v) is 3.26. The first kappa shape index (κ1) is 11.5. The SMILES string of the molecule is Cc1nc(-c2ccc3[nH]c(=O)[nH]c3c2)c(C=O)n1C. The number of hydrogen-bond donors (Lipinski definition) is 2. The highest BCUT2D eigenvalue weighted by Gasteiger charge is 2.14. The second-order valence-corrected chi connectivity index (χ2v) is 4.41. The third kappa shape index (κ3) is 1.69. The van der Waals surface area contributed by atoms with Gasteiger partial charge in [0.1, 0.15) is 11.5 Å². The summed E-state index contributed by atoms with van der Waals surface area (Å²) in [6, 6.07) is 5.43. The topological polar surface area (TPSA) is 83.5 Å². The smallest absolute Gasteiger partial charge is 0.323 e. The van der Waals surface area contributed by atoms with Crippen molar-refractivity contribution < 1.29 is 4.79 Å². The molecule has 2 N–H and O–H groups in total. The van der Waals surface area contributed by atoms with Crippen molar-refractivity contribution in [1.29, 1.82) is 0 Å². The number of nitrogens with one attached hydrogen (secondary N) is 2. The number of benzene rings is 1. The maximum absolute atomic E-state index is 11.2. The summed E-state index contributed by atoms with van der Waals surface area (Å²) in [7, 11) is 1.80. The van der Waals surface area contributed by atoms with E-state index in [0.717, 1.165) is 23.2 Å². The molecule has 2 aromatic heterocycles. The Kier molecular flexibility index (Phi) is 2.38. The normalized spacial score (nSPS) is 11.1. The van der Waals surface area contributed by atoms with Gasteiger partial charge in [-0.25, -0.2) is 9.78 Å². The summed E-state index contributed by atoms with van der Waals surface area (Å²) in [5.41, 5.74) is 3.12. The van der Waals surface area contributed by atoms with Crippen molar-refractivity contribution >= 4 is 17.3 Å². The van der Waals surface area contributed by atoms with Crippen LogP contribution < -0.4 is 5.69 Å². The Morgan fingerprint density at radius 2 is 2.00 bits per heavy atom. The lowest BCUT2D eigenvalue weighted by atomic mass is 10.1. The number of H-pyrrole nitrogens is 2. The monoisotopic (exact) mass is 256 g/mol. The molecule has 96 valence electrons. The summed E-state index contributed by atoms with van der Waals surface area (Å²) in [5, 5.41) is 0. The number of rotatable bonds is 2. The van der Waals surface area contributed by atoms with Gasteiger partial charge in [-0.05, 0) is 19.1 Å². The molecule has 3 rings (SSSR count). The number of hydrogen-bond acceptors (Lipinski definition) is 3. The van der Waals surface area contributed by atoms with Crippen LogP contribution in [0.15, 0.2) is 23.0 Å². The second-order valence-electron chi connectivity index (χ2n) is 4.41. The summed E-state index contributed by atoms with van der Waals surface area (Å²) in [4.78, 5) is 32.2. The number of carbonyl (C=O) groups excluding carboxylic acids is 1. The molecule has 0 spiro atoms. The highest BCUT2D eigenvalue weighted by atomic mass is 16.1. The Morgan fingerprint density at radius 1 is 1.26 bits per heavy atom. The van der Waals surface area contributed by atoms with E-state index < -0.39 is 0 Å². The van der Waals surface area contributed by atoms with Crippen molar-refractivity contribution in [3.8, 4) is 11.3 Å². The van der Waals surface area contributed by atoms with Gasteiger partial charge < -0.3 is 14.5 Å². The van der Waals surface area contributed by atoms with E-state index in [1.54, 1.807) is 17.7 Å². The second kappa shape index (κ2) is 3.94. The quantitative estimate of drug-likeness (QED) is 0.679. The Morgan fingerprint density at radius 3 is 2.74 bits per heavy atom. The van der Waals surface area contributed by atoms with Crippen molar-refractivity contribution in [1.82, 2.24) is 19.5 Å². The van der Waals surface area contributed by atoms with Crippen LogP contribution in [0.2, 0.25) is 0 Å². The Bertz CT molecular complexity index is 838. The van der Waals surface area contributed by atoms with Gasteiger partial charge >= 0.3 is 5.69 Å². The van der Waals surface area contributed by atoms with Gasteiger partial charge in [0, 0.05) is 12.6 Å². The predicted molar refractivity (Wildman–Crippen MR) is 71.2 cm³/mol. The van der Waals surface area contributed by atoms with Crippen LogP contribution in [0.5, 0.6) is 0 Å². The minimum Gasteiger partial charge on any atom is -0.329 e. The van der Waals surface area contributed by atoms with Gasteiger partial charge in [-0.1, -0.05) is 6.07 Å². The molecule has 6 heteroatoms. The van der Waals surface area contributed by atoms with Crippen LogP contribution in [0.3, 0.4) is 0 Å². The van der Waals surface area contributed by atoms with Crippen LogP contribution in [0.25, 0.3) is 22.3 Å². The molecule has 0 saturated carbocycles. The van der Waals surface area contributed by atoms with Crippen LogP contribution in [0.4, 0.5) is 0 Å². The third-order valence-electron chi connectivity index (χ3n) is 3.26. The fraction of sp³-hybridized carbons (Fsp3) is 0.154. The lowest BCUT2D eigenvalue weighted by Gasteiger charge is -2.00. The Balaban J connectivity index is 2.26. The van der Waals surface area contributed by atoms with Crippen molar-refractivity contribution in [2.24, 2.45) is 7.05 Å². The average molecular weight is 256 g/mol. The zero-order valence-electron chi connectivity index (χ0n) is 10.5. The molecule has 0 fully saturated rings. The van der Waals surface area contributed by atoms with E-state index in [-0.39, 0.29) is 5.69 Å². The number of aldehydes is 1. The van der Waals surface area contributed by atoms with Gasteiger partial charge in [-0.2, -0.15) is 0 Å². The highest BCUT2D eigenvalue weighted by Crippen LogP contribution is 2.24. The van der Waals surface area contributed by atoms with E-state index in [4.69, 9.17) is 0 Å². The van der Waals surface area contributed by atoms with Gasteiger partial charge in [-0.15, -0.1) is 0 Å². The lowest BCUT2D eigenvalue weighted by molar-refractivity contribution is 0.111. The molecule has 0 saturated heterocycles. The largest absolute Gasteiger partial charge is 0.329 e. The molecule has 0 amide bonds. The number of carbonyl (C=O) groups is 1. The van der Waals surface area contributed by atoms with Crippen molar-refractivity contribution in [3.63, 3.8) is 0 Å². The molecule has 0 aliphatic heterocycles. The summed E-state index contributed by atoms with van der Waals surface area (Å²) in [6.45, 7) is 1.84. The molecule has 0 bridgehead atoms. The van der Waals surface area contributed by atoms with Crippen molar-refractivity contribution in [2.45, 2.75) is 6.92 Å². The van der Waals surface area contributed by atoms with E-state index in [0.29, 0.717) is 16.9 Å². The molecular formula is C13H12N4O2. The van der Waals surface area contributed by atoms with Crippen LogP contribution in [-0.4, -0.2) is 25.8 Å². The summed E-state index contributed by atoms with van der Waals surface area (Å²) < 4.78 is 1.74. The number of nitrogens with zero attached hydrogens (tertiary/aromatic N) is 2. The van der Waals surface area contributed by atoms with E-state index >= 15 is 0 Å². The van der Waals surface area contributed by atoms with E-state index in [9.17, 15) is 9.59 Å². The van der Waals surface area contributed by atoms with Gasteiger partial charge in [0.15, 0.2) is 6.29 Å². The minimum atomic E-state index is -0.250. The first-order chi connectivity index (χ1) is 9.10. The molecule has 3 aromatic rings. The fourth-order valence-electron chi connectivity index (χ4n) is 2.15. The fourth-order valence-corrected chi connectivity index (χ4v) is 2.15. The number of fused-ring (bicyclic) bond motifs is 1. The predicted octanol–water partition coefficient (Wildman–Crippen LogP) is 1.38. The van der Waals surface area contributed by atoms with E-state index in [1.165, 1.54) is 0 Å². The minimum absolute atomic E-state index is 0.250. The molecule has 0 radical (unpaired) electrons. The zero-order valence-corrected chi connectivity index (χ0v) is 10.5. The first-order valence-corrected chi connectivity index (χ1v) is 5.81. The number of aromatic nitrogens is 4. The number of imidazole rings is 2. The molecule has 2 heterocycles. The van der Waals surface area contributed by atoms with Crippen LogP contribution in [-0.2, 0) is 7.05 Å². The number of aryl methyl sites for hydroxylation is 1. The Labute approximate surface area is 108 Å². The maximum atomic E-state index is 11.2. The van der Waals surface area contributed by atoms with Gasteiger partial charge in [0.2, 0.25) is 0 Å². The van der Waals surface area contributed by atoms with Gasteiger partial charge in [0.05, 0.1) is 16.7 Å². The average Bonchev–Trinajstić information content (AvgIpc) is 2.89. The summed E-state index contributed by atoms with van der Waals surface area (Å²) in [6.07, 6.45) is 0.791. The molecular weight excluding hydrogens is 244 g/mol. The lowest BCUT2D eigenvalue weighted by Crippen LogP contribution is -1.99. The molecule has 1 aromatic carbocycles. The zero-order chi connectivity index (χ0) is 13.6. The van der Waals surface area contributed by atoms with Crippen molar-refractivity contribution in [3.05, 3.63) is 40.2 Å². The molecule has 0 unspecified atom stereocenters. The molecule has 0 aliphatic carbocycles. The van der Waals surface area contributed by atoms with Gasteiger partial charge in [0.25, 0.3) is 0 Å². The van der Waals surface area contributed by atoms with Gasteiger partial charge in [-0.3, -0.25) is 4.79 Å². The van der Waals surface area contributed by atoms with E-state index in [1.807, 2.05) is 19.1 Å². The first-order valence-electron chi connectivity index (χ1n) is 5.81. The molecule has 6 nitrogen and oxygen atoms in total. The highest BCUT2D eigenvalue weighted by molar-refractivity contribution is 5.87. The maximum Gasteiger partial charge on any atom is 0.323 e. The summed E-state index contributed by atoms with van der Waals surface area (Å²) >= 11 is 0. The molecule has 19 heavy (non-hydrogen) atoms. The van der Waals surface area contributed by atoms with E-state index in [2.05, 4.69) is 15.0 Å². The van der Waals surface area contributed by atoms with Crippen LogP contribution in [0, 0.1) is 6.92 Å². The Hall–Kier alpha value is -2.63. The van der Waals surface area contributed by atoms with Crippen LogP contribution in [0.1, 0.15) is 16.3 Å². The number of aromatic amines is 2. The van der Waals surface area contributed by atoms with Crippen molar-refractivity contribution in [2.75, 3.05) is 0 Å². The molecule has 0 aliphatic rings.